The number of aliphatic hydroxyl groups is 2. The van der Waals surface area contributed by atoms with Crippen LogP contribution in [0.15, 0.2) is 0 Å². The molecule has 2 atom stereocenters. The van der Waals surface area contributed by atoms with Gasteiger partial charge in [0.05, 0.1) is 0 Å². The van der Waals surface area contributed by atoms with Crippen molar-refractivity contribution < 1.29 is 19.8 Å². The maximum absolute atomic E-state index is 12.3. The molecule has 0 aromatic heterocycles. The molecule has 0 saturated heterocycles. The number of amides is 2. The summed E-state index contributed by atoms with van der Waals surface area (Å²) in [5.74, 6) is -0.536. The smallest absolute Gasteiger partial charge is 0.250 e. The van der Waals surface area contributed by atoms with Crippen LogP contribution in [0.3, 0.4) is 0 Å². The normalized spacial score (nSPS) is 13.0. The molecule has 9 heteroatoms. The molecular weight excluding hydrogens is 602 g/mol. The highest BCUT2D eigenvalue weighted by molar-refractivity contribution is 5.81. The molecule has 4 N–H and O–H groups in total. The Labute approximate surface area is 297 Å². The highest BCUT2D eigenvalue weighted by Crippen LogP contribution is 2.11. The van der Waals surface area contributed by atoms with E-state index < -0.39 is 12.2 Å². The number of aliphatic hydroxyl groups excluding tert-OH is 2. The van der Waals surface area contributed by atoms with Crippen LogP contribution >= 0.6 is 0 Å². The van der Waals surface area contributed by atoms with Gasteiger partial charge in [-0.25, -0.2) is 0 Å². The van der Waals surface area contributed by atoms with Crippen molar-refractivity contribution in [3.63, 3.8) is 0 Å². The fourth-order valence-electron chi connectivity index (χ4n) is 6.16. The summed E-state index contributed by atoms with van der Waals surface area (Å²) in [6.45, 7) is 9.95. The Morgan fingerprint density at radius 2 is 0.708 bits per heavy atom. The first kappa shape index (κ1) is 46.7. The summed E-state index contributed by atoms with van der Waals surface area (Å²) in [7, 11) is 6.00. The maximum atomic E-state index is 12.3. The number of likely N-dealkylation sites (N-methyl/N-ethyl adjacent to an activating group) is 2. The summed E-state index contributed by atoms with van der Waals surface area (Å²) < 4.78 is 0. The van der Waals surface area contributed by atoms with E-state index in [1.807, 2.05) is 23.9 Å². The molecule has 0 bridgehead atoms. The third-order valence-electron chi connectivity index (χ3n) is 9.39. The van der Waals surface area contributed by atoms with E-state index in [0.29, 0.717) is 26.2 Å². The van der Waals surface area contributed by atoms with Gasteiger partial charge in [-0.1, -0.05) is 129 Å². The lowest BCUT2D eigenvalue weighted by atomic mass is 10.1. The Morgan fingerprint density at radius 1 is 0.438 bits per heavy atom. The molecule has 0 heterocycles. The van der Waals surface area contributed by atoms with Crippen molar-refractivity contribution in [3.05, 3.63) is 0 Å². The zero-order valence-corrected chi connectivity index (χ0v) is 32.4. The number of nitrogens with zero attached hydrogens (tertiary/aromatic N) is 3. The molecule has 0 fully saturated rings. The van der Waals surface area contributed by atoms with Gasteiger partial charge >= 0.3 is 0 Å². The Balaban J connectivity index is 3.77. The van der Waals surface area contributed by atoms with E-state index in [2.05, 4.69) is 36.4 Å². The van der Waals surface area contributed by atoms with Crippen molar-refractivity contribution in [3.8, 4) is 0 Å². The van der Waals surface area contributed by atoms with Gasteiger partial charge in [-0.05, 0) is 73.0 Å². The minimum Gasteiger partial charge on any atom is -0.382 e. The van der Waals surface area contributed by atoms with E-state index in [0.717, 1.165) is 64.7 Å². The van der Waals surface area contributed by atoms with Gasteiger partial charge in [0.15, 0.2) is 0 Å². The lowest BCUT2D eigenvalue weighted by molar-refractivity contribution is -0.130. The quantitative estimate of drug-likeness (QED) is 0.0570. The second-order valence-corrected chi connectivity index (χ2v) is 14.5. The lowest BCUT2D eigenvalue weighted by Crippen LogP contribution is -2.42. The van der Waals surface area contributed by atoms with Gasteiger partial charge in [-0.2, -0.15) is 0 Å². The van der Waals surface area contributed by atoms with Crippen LogP contribution in [-0.4, -0.2) is 122 Å². The molecule has 2 amide bonds. The average molecular weight is 684 g/mol. The number of carbonyl (C=O) groups excluding carboxylic acids is 2. The predicted molar refractivity (Wildman–Crippen MR) is 203 cm³/mol. The van der Waals surface area contributed by atoms with E-state index in [1.54, 1.807) is 0 Å². The van der Waals surface area contributed by atoms with E-state index in [-0.39, 0.29) is 11.8 Å². The van der Waals surface area contributed by atoms with Gasteiger partial charge in [0.1, 0.15) is 12.2 Å². The Kier molecular flexibility index (Phi) is 33.3. The summed E-state index contributed by atoms with van der Waals surface area (Å²) in [4.78, 5) is 30.9. The SMILES string of the molecule is CCCCCCCCCCCCNC(=O)C(O)CN(C)CCCN(C)CCCN(C)CC(O)C(=O)NCCCCCCCCCCCC. The highest BCUT2D eigenvalue weighted by atomic mass is 16.3. The molecule has 0 aliphatic carbocycles. The number of rotatable bonds is 36. The van der Waals surface area contributed by atoms with Crippen LogP contribution < -0.4 is 10.6 Å². The van der Waals surface area contributed by atoms with Crippen LogP contribution in [0.1, 0.15) is 155 Å². The topological polar surface area (TPSA) is 108 Å². The van der Waals surface area contributed by atoms with Gasteiger partial charge in [0.25, 0.3) is 0 Å². The number of nitrogens with one attached hydrogen (secondary N) is 2. The molecule has 48 heavy (non-hydrogen) atoms. The van der Waals surface area contributed by atoms with Crippen molar-refractivity contribution in [1.82, 2.24) is 25.3 Å². The van der Waals surface area contributed by atoms with Gasteiger partial charge in [-0.3, -0.25) is 9.59 Å². The van der Waals surface area contributed by atoms with E-state index in [4.69, 9.17) is 0 Å². The maximum Gasteiger partial charge on any atom is 0.250 e. The number of unbranched alkanes of at least 4 members (excludes halogenated alkanes) is 18. The molecule has 2 unspecified atom stereocenters. The van der Waals surface area contributed by atoms with Crippen LogP contribution in [0.4, 0.5) is 0 Å². The van der Waals surface area contributed by atoms with Gasteiger partial charge in [-0.15, -0.1) is 0 Å². The van der Waals surface area contributed by atoms with E-state index in [9.17, 15) is 19.8 Å². The van der Waals surface area contributed by atoms with E-state index >= 15 is 0 Å². The lowest BCUT2D eigenvalue weighted by Gasteiger charge is -2.23. The number of carbonyl (C=O) groups is 2. The minimum absolute atomic E-state index is 0.268. The molecule has 286 valence electrons. The van der Waals surface area contributed by atoms with Crippen molar-refractivity contribution >= 4 is 11.8 Å². The molecule has 0 saturated carbocycles. The van der Waals surface area contributed by atoms with Crippen molar-refractivity contribution in [1.29, 1.82) is 0 Å². The van der Waals surface area contributed by atoms with Crippen LogP contribution in [0.25, 0.3) is 0 Å². The third-order valence-corrected chi connectivity index (χ3v) is 9.39. The molecule has 0 radical (unpaired) electrons. The fourth-order valence-corrected chi connectivity index (χ4v) is 6.16. The second kappa shape index (κ2) is 34.2. The van der Waals surface area contributed by atoms with Gasteiger partial charge < -0.3 is 35.5 Å². The zero-order chi connectivity index (χ0) is 35.7. The summed E-state index contributed by atoms with van der Waals surface area (Å²) in [5.41, 5.74) is 0. The van der Waals surface area contributed by atoms with Crippen molar-refractivity contribution in [2.75, 3.05) is 73.5 Å². The van der Waals surface area contributed by atoms with Crippen LogP contribution in [0.2, 0.25) is 0 Å². The standard InChI is InChI=1S/C39H81N5O4/c1-6-8-10-12-14-16-18-20-22-24-28-40-38(47)36(45)34-43(4)32-26-30-42(3)31-27-33-44(5)35-37(46)39(48)41-29-25-23-21-19-17-15-13-11-9-7-2/h36-37,45-46H,6-35H2,1-5H3,(H,40,47)(H,41,48). The molecule has 0 spiro atoms. The number of hydrogen-bond acceptors (Lipinski definition) is 7. The Morgan fingerprint density at radius 3 is 1.02 bits per heavy atom. The van der Waals surface area contributed by atoms with Crippen LogP contribution in [0, 0.1) is 0 Å². The monoisotopic (exact) mass is 684 g/mol. The summed E-state index contributed by atoms with van der Waals surface area (Å²) in [5, 5.41) is 26.4. The van der Waals surface area contributed by atoms with Crippen molar-refractivity contribution in [2.24, 2.45) is 0 Å². The van der Waals surface area contributed by atoms with E-state index in [1.165, 1.54) is 103 Å². The summed E-state index contributed by atoms with van der Waals surface area (Å²) >= 11 is 0. The first-order valence-electron chi connectivity index (χ1n) is 20.2. The van der Waals surface area contributed by atoms with Crippen molar-refractivity contribution in [2.45, 2.75) is 167 Å². The zero-order valence-electron chi connectivity index (χ0n) is 32.4. The molecule has 0 aliphatic heterocycles. The molecule has 0 aromatic carbocycles. The summed E-state index contributed by atoms with van der Waals surface area (Å²) in [6, 6.07) is 0. The van der Waals surface area contributed by atoms with Gasteiger partial charge in [0.2, 0.25) is 11.8 Å². The van der Waals surface area contributed by atoms with Gasteiger partial charge in [0, 0.05) is 26.2 Å². The molecular formula is C39H81N5O4. The summed E-state index contributed by atoms with van der Waals surface area (Å²) in [6.07, 6.45) is 25.2. The largest absolute Gasteiger partial charge is 0.382 e. The molecule has 9 nitrogen and oxygen atoms in total. The fraction of sp³-hybridized carbons (Fsp3) is 0.949. The Bertz CT molecular complexity index is 670. The third kappa shape index (κ3) is 30.8. The first-order valence-corrected chi connectivity index (χ1v) is 20.2. The van der Waals surface area contributed by atoms with Crippen LogP contribution in [0.5, 0.6) is 0 Å². The molecule has 0 rings (SSSR count). The second-order valence-electron chi connectivity index (χ2n) is 14.5. The molecule has 0 aliphatic rings. The predicted octanol–water partition coefficient (Wildman–Crippen LogP) is 6.36. The first-order chi connectivity index (χ1) is 23.2. The average Bonchev–Trinajstić information content (AvgIpc) is 3.05. The number of hydrogen-bond donors (Lipinski definition) is 4. The molecule has 0 aromatic rings. The minimum atomic E-state index is -0.997. The van der Waals surface area contributed by atoms with Crippen LogP contribution in [-0.2, 0) is 9.59 Å². The Hall–Kier alpha value is -1.26. The highest BCUT2D eigenvalue weighted by Gasteiger charge is 2.18.